The Kier molecular flexibility index (Phi) is 10.9. The summed E-state index contributed by atoms with van der Waals surface area (Å²) in [6.07, 6.45) is 6.62. The van der Waals surface area contributed by atoms with Crippen LogP contribution in [0, 0.1) is 0 Å². The molecule has 0 aromatic heterocycles. The van der Waals surface area contributed by atoms with Crippen molar-refractivity contribution in [3.63, 3.8) is 0 Å². The number of ether oxygens (including phenoxy) is 2. The summed E-state index contributed by atoms with van der Waals surface area (Å²) in [6.45, 7) is 4.07. The van der Waals surface area contributed by atoms with E-state index < -0.39 is 0 Å². The molecule has 0 unspecified atom stereocenters. The highest BCUT2D eigenvalue weighted by Gasteiger charge is 2.38. The number of rotatable bonds is 7. The monoisotopic (exact) mass is 548 g/mol. The molecule has 1 aromatic rings. The standard InChI is InChI=1S/C22H36N4O2S.HI/c1-23-21(24-16-18-7-8-19(27-2)20(15-18)28-3)25-17-22(9-5-4-6-10-22)26-11-13-29-14-12-26;/h7-8,15H,4-6,9-14,16-17H2,1-3H3,(H2,23,24,25);1H. The number of nitrogens with zero attached hydrogens (tertiary/aromatic N) is 2. The maximum absolute atomic E-state index is 5.41. The number of hydrogen-bond donors (Lipinski definition) is 2. The van der Waals surface area contributed by atoms with Crippen molar-refractivity contribution in [2.75, 3.05) is 52.4 Å². The van der Waals surface area contributed by atoms with Crippen LogP contribution in [0.25, 0.3) is 0 Å². The summed E-state index contributed by atoms with van der Waals surface area (Å²) in [4.78, 5) is 7.20. The van der Waals surface area contributed by atoms with Crippen LogP contribution in [0.2, 0.25) is 0 Å². The molecule has 6 nitrogen and oxygen atoms in total. The first-order valence-corrected chi connectivity index (χ1v) is 11.8. The van der Waals surface area contributed by atoms with Gasteiger partial charge in [0.1, 0.15) is 0 Å². The summed E-state index contributed by atoms with van der Waals surface area (Å²) < 4.78 is 10.7. The second kappa shape index (κ2) is 12.9. The van der Waals surface area contributed by atoms with E-state index in [4.69, 9.17) is 9.47 Å². The van der Waals surface area contributed by atoms with Crippen LogP contribution in [0.4, 0.5) is 0 Å². The van der Waals surface area contributed by atoms with Gasteiger partial charge in [0.15, 0.2) is 17.5 Å². The first kappa shape index (κ1) is 25.4. The van der Waals surface area contributed by atoms with Gasteiger partial charge in [-0.3, -0.25) is 9.89 Å². The van der Waals surface area contributed by atoms with Crippen LogP contribution in [0.5, 0.6) is 11.5 Å². The average molecular weight is 549 g/mol. The maximum Gasteiger partial charge on any atom is 0.191 e. The minimum atomic E-state index is 0. The van der Waals surface area contributed by atoms with E-state index in [9.17, 15) is 0 Å². The second-order valence-corrected chi connectivity index (χ2v) is 9.08. The van der Waals surface area contributed by atoms with Gasteiger partial charge in [-0.25, -0.2) is 0 Å². The fourth-order valence-electron chi connectivity index (χ4n) is 4.50. The lowest BCUT2D eigenvalue weighted by Gasteiger charge is -2.48. The van der Waals surface area contributed by atoms with Crippen LogP contribution < -0.4 is 20.1 Å². The number of nitrogens with one attached hydrogen (secondary N) is 2. The van der Waals surface area contributed by atoms with E-state index in [1.165, 1.54) is 56.7 Å². The van der Waals surface area contributed by atoms with Gasteiger partial charge in [0, 0.05) is 50.3 Å². The summed E-state index contributed by atoms with van der Waals surface area (Å²) in [5.74, 6) is 4.87. The third-order valence-electron chi connectivity index (χ3n) is 6.18. The highest BCUT2D eigenvalue weighted by Crippen LogP contribution is 2.35. The predicted octanol–water partition coefficient (Wildman–Crippen LogP) is 3.74. The van der Waals surface area contributed by atoms with Crippen molar-refractivity contribution in [3.8, 4) is 11.5 Å². The third-order valence-corrected chi connectivity index (χ3v) is 7.13. The van der Waals surface area contributed by atoms with Gasteiger partial charge in [-0.2, -0.15) is 11.8 Å². The molecule has 0 spiro atoms. The molecule has 8 heteroatoms. The number of guanidine groups is 1. The van der Waals surface area contributed by atoms with Crippen molar-refractivity contribution in [2.24, 2.45) is 4.99 Å². The topological polar surface area (TPSA) is 58.1 Å². The van der Waals surface area contributed by atoms with Crippen LogP contribution in [-0.4, -0.2) is 68.8 Å². The number of methoxy groups -OCH3 is 2. The van der Waals surface area contributed by atoms with Gasteiger partial charge in [0.05, 0.1) is 14.2 Å². The molecule has 1 saturated heterocycles. The molecule has 1 saturated carbocycles. The number of hydrogen-bond acceptors (Lipinski definition) is 5. The minimum absolute atomic E-state index is 0. The van der Waals surface area contributed by atoms with Gasteiger partial charge in [-0.05, 0) is 30.5 Å². The van der Waals surface area contributed by atoms with Crippen molar-refractivity contribution in [3.05, 3.63) is 23.8 Å². The van der Waals surface area contributed by atoms with Crippen LogP contribution in [-0.2, 0) is 6.54 Å². The zero-order valence-corrected chi connectivity index (χ0v) is 21.7. The molecule has 1 aliphatic heterocycles. The highest BCUT2D eigenvalue weighted by atomic mass is 127. The lowest BCUT2D eigenvalue weighted by Crippen LogP contribution is -2.59. The maximum atomic E-state index is 5.41. The van der Waals surface area contributed by atoms with Crippen LogP contribution in [0.15, 0.2) is 23.2 Å². The molecule has 0 amide bonds. The fraction of sp³-hybridized carbons (Fsp3) is 0.682. The van der Waals surface area contributed by atoms with Crippen LogP contribution in [0.3, 0.4) is 0 Å². The van der Waals surface area contributed by atoms with Gasteiger partial charge >= 0.3 is 0 Å². The van der Waals surface area contributed by atoms with Gasteiger partial charge in [0.2, 0.25) is 0 Å². The van der Waals surface area contributed by atoms with Crippen molar-refractivity contribution >= 4 is 41.7 Å². The number of thioether (sulfide) groups is 1. The molecule has 1 aliphatic carbocycles. The number of aliphatic imine (C=N–C) groups is 1. The Labute approximate surface area is 203 Å². The van der Waals surface area contributed by atoms with Gasteiger partial charge in [-0.15, -0.1) is 24.0 Å². The van der Waals surface area contributed by atoms with Crippen LogP contribution in [0.1, 0.15) is 37.7 Å². The van der Waals surface area contributed by atoms with Crippen molar-refractivity contribution in [2.45, 2.75) is 44.2 Å². The molecule has 0 atom stereocenters. The molecule has 2 fully saturated rings. The normalized spacial score (nSPS) is 19.5. The Balaban J connectivity index is 0.00000320. The van der Waals surface area contributed by atoms with Gasteiger partial charge in [-0.1, -0.05) is 25.3 Å². The zero-order valence-electron chi connectivity index (χ0n) is 18.5. The first-order valence-electron chi connectivity index (χ1n) is 10.7. The molecular weight excluding hydrogens is 511 g/mol. The Morgan fingerprint density at radius 1 is 1.07 bits per heavy atom. The molecule has 30 heavy (non-hydrogen) atoms. The third kappa shape index (κ3) is 6.56. The lowest BCUT2D eigenvalue weighted by atomic mass is 9.80. The number of halogens is 1. The van der Waals surface area contributed by atoms with Crippen molar-refractivity contribution in [1.82, 2.24) is 15.5 Å². The smallest absolute Gasteiger partial charge is 0.191 e. The summed E-state index contributed by atoms with van der Waals surface area (Å²) in [5.41, 5.74) is 1.41. The molecular formula is C22H37IN4O2S. The average Bonchev–Trinajstić information content (AvgIpc) is 2.80. The highest BCUT2D eigenvalue weighted by molar-refractivity contribution is 14.0. The molecule has 2 aliphatic rings. The summed E-state index contributed by atoms with van der Waals surface area (Å²) in [6, 6.07) is 6.00. The molecule has 170 valence electrons. The fourth-order valence-corrected chi connectivity index (χ4v) is 5.40. The first-order chi connectivity index (χ1) is 14.2. The minimum Gasteiger partial charge on any atom is -0.493 e. The molecule has 1 aromatic carbocycles. The summed E-state index contributed by atoms with van der Waals surface area (Å²) >= 11 is 2.08. The van der Waals surface area contributed by atoms with E-state index in [0.29, 0.717) is 6.54 Å². The Morgan fingerprint density at radius 2 is 1.77 bits per heavy atom. The Bertz CT molecular complexity index is 677. The van der Waals surface area contributed by atoms with Crippen molar-refractivity contribution in [1.29, 1.82) is 0 Å². The van der Waals surface area contributed by atoms with Crippen LogP contribution >= 0.6 is 35.7 Å². The van der Waals surface area contributed by atoms with Gasteiger partial charge < -0.3 is 20.1 Å². The molecule has 1 heterocycles. The summed E-state index contributed by atoms with van der Waals surface area (Å²) in [7, 11) is 5.16. The molecule has 0 bridgehead atoms. The van der Waals surface area contributed by atoms with E-state index in [-0.39, 0.29) is 29.5 Å². The summed E-state index contributed by atoms with van der Waals surface area (Å²) in [5, 5.41) is 7.09. The zero-order chi connectivity index (χ0) is 20.5. The largest absolute Gasteiger partial charge is 0.493 e. The quantitative estimate of drug-likeness (QED) is 0.308. The van der Waals surface area contributed by atoms with E-state index in [1.54, 1.807) is 14.2 Å². The number of benzene rings is 1. The lowest BCUT2D eigenvalue weighted by molar-refractivity contribution is 0.0626. The molecule has 3 rings (SSSR count). The predicted molar refractivity (Wildman–Crippen MR) is 138 cm³/mol. The van der Waals surface area contributed by atoms with Gasteiger partial charge in [0.25, 0.3) is 0 Å². The second-order valence-electron chi connectivity index (χ2n) is 7.85. The Hall–Kier alpha value is -0.870. The van der Waals surface area contributed by atoms with Crippen molar-refractivity contribution < 1.29 is 9.47 Å². The molecule has 0 radical (unpaired) electrons. The molecule has 2 N–H and O–H groups in total. The SMILES string of the molecule is CN=C(NCc1ccc(OC)c(OC)c1)NCC1(N2CCSCC2)CCCCC1.I. The van der Waals surface area contributed by atoms with E-state index in [2.05, 4.69) is 38.4 Å². The van der Waals surface area contributed by atoms with E-state index in [0.717, 1.165) is 29.6 Å². The Morgan fingerprint density at radius 3 is 2.40 bits per heavy atom. The van der Waals surface area contributed by atoms with E-state index in [1.807, 2.05) is 19.2 Å². The van der Waals surface area contributed by atoms with E-state index >= 15 is 0 Å².